The lowest BCUT2D eigenvalue weighted by atomic mass is 10.0. The normalized spacial score (nSPS) is 12.0. The molecule has 0 spiro atoms. The first-order valence-electron chi connectivity index (χ1n) is 11.7. The highest BCUT2D eigenvalue weighted by molar-refractivity contribution is 7.99. The average Bonchev–Trinajstić information content (AvgIpc) is 3.29. The number of benzene rings is 3. The highest BCUT2D eigenvalue weighted by Gasteiger charge is 2.26. The van der Waals surface area contributed by atoms with Gasteiger partial charge < -0.3 is 15.2 Å². The van der Waals surface area contributed by atoms with Crippen LogP contribution in [0.15, 0.2) is 78.0 Å². The summed E-state index contributed by atoms with van der Waals surface area (Å²) in [7, 11) is 0. The van der Waals surface area contributed by atoms with Gasteiger partial charge in [0.15, 0.2) is 11.0 Å². The minimum absolute atomic E-state index is 0.102. The second-order valence-corrected chi connectivity index (χ2v) is 9.45. The van der Waals surface area contributed by atoms with Crippen molar-refractivity contribution in [3.05, 3.63) is 84.2 Å². The molecule has 7 nitrogen and oxygen atoms in total. The van der Waals surface area contributed by atoms with Crippen molar-refractivity contribution in [2.24, 2.45) is 5.92 Å². The fourth-order valence-corrected chi connectivity index (χ4v) is 4.74. The van der Waals surface area contributed by atoms with Crippen LogP contribution < -0.4 is 10.6 Å². The molecular weight excluding hydrogens is 458 g/mol. The van der Waals surface area contributed by atoms with Crippen LogP contribution in [0.4, 0.5) is 5.69 Å². The molecule has 0 saturated heterocycles. The zero-order chi connectivity index (χ0) is 24.8. The molecule has 8 heteroatoms. The zero-order valence-corrected chi connectivity index (χ0v) is 20.9. The molecule has 0 unspecified atom stereocenters. The van der Waals surface area contributed by atoms with Crippen LogP contribution >= 0.6 is 11.8 Å². The number of nitrogens with zero attached hydrogens (tertiary/aromatic N) is 3. The third kappa shape index (κ3) is 5.71. The van der Waals surface area contributed by atoms with Crippen molar-refractivity contribution in [3.8, 4) is 0 Å². The molecule has 2 N–H and O–H groups in total. The third-order valence-electron chi connectivity index (χ3n) is 5.73. The summed E-state index contributed by atoms with van der Waals surface area (Å²) in [6, 6.07) is 22.6. The summed E-state index contributed by atoms with van der Waals surface area (Å²) in [4.78, 5) is 25.5. The molecule has 0 aliphatic heterocycles. The Morgan fingerprint density at radius 2 is 1.66 bits per heavy atom. The van der Waals surface area contributed by atoms with Crippen molar-refractivity contribution in [2.45, 2.75) is 38.5 Å². The number of hydrogen-bond donors (Lipinski definition) is 2. The highest BCUT2D eigenvalue weighted by Crippen LogP contribution is 2.27. The van der Waals surface area contributed by atoms with Gasteiger partial charge in [0.25, 0.3) is 5.91 Å². The predicted molar refractivity (Wildman–Crippen MR) is 140 cm³/mol. The van der Waals surface area contributed by atoms with Crippen LogP contribution in [0.1, 0.15) is 43.0 Å². The van der Waals surface area contributed by atoms with Crippen LogP contribution in [0, 0.1) is 5.92 Å². The Kier molecular flexibility index (Phi) is 7.82. The monoisotopic (exact) mass is 487 g/mol. The molecule has 4 aromatic rings. The van der Waals surface area contributed by atoms with E-state index < -0.39 is 0 Å². The standard InChI is InChI=1S/C27H29N5O2S/c1-4-32-25(24(18(2)3)29-26(34)20-12-6-5-7-13-20)30-31-27(32)35-17-23(33)28-22-16-10-14-19-11-8-9-15-21(19)22/h5-16,18,24H,4,17H2,1-3H3,(H,28,33)(H,29,34)/t24-/m0/s1. The van der Waals surface area contributed by atoms with Gasteiger partial charge >= 0.3 is 0 Å². The van der Waals surface area contributed by atoms with Gasteiger partial charge in [-0.3, -0.25) is 9.59 Å². The fourth-order valence-electron chi connectivity index (χ4n) is 3.93. The van der Waals surface area contributed by atoms with E-state index in [0.29, 0.717) is 23.1 Å². The molecule has 4 rings (SSSR count). The molecule has 1 atom stereocenters. The molecule has 1 heterocycles. The summed E-state index contributed by atoms with van der Waals surface area (Å²) >= 11 is 1.33. The summed E-state index contributed by atoms with van der Waals surface area (Å²) in [6.07, 6.45) is 0. The van der Waals surface area contributed by atoms with E-state index in [1.807, 2.05) is 86.0 Å². The van der Waals surface area contributed by atoms with Gasteiger partial charge in [-0.15, -0.1) is 10.2 Å². The Bertz CT molecular complexity index is 1310. The number of nitrogens with one attached hydrogen (secondary N) is 2. The molecule has 0 radical (unpaired) electrons. The molecule has 0 aliphatic rings. The topological polar surface area (TPSA) is 88.9 Å². The Morgan fingerprint density at radius 1 is 0.943 bits per heavy atom. The first-order chi connectivity index (χ1) is 17.0. The van der Waals surface area contributed by atoms with Crippen LogP contribution in [0.25, 0.3) is 10.8 Å². The summed E-state index contributed by atoms with van der Waals surface area (Å²) in [5.41, 5.74) is 1.38. The maximum atomic E-state index is 12.8. The number of hydrogen-bond acceptors (Lipinski definition) is 5. The van der Waals surface area contributed by atoms with Crippen molar-refractivity contribution in [2.75, 3.05) is 11.1 Å². The number of carbonyl (C=O) groups is 2. The number of aromatic nitrogens is 3. The van der Waals surface area contributed by atoms with Crippen LogP contribution in [0.5, 0.6) is 0 Å². The van der Waals surface area contributed by atoms with Crippen LogP contribution in [0.3, 0.4) is 0 Å². The van der Waals surface area contributed by atoms with Gasteiger partial charge in [0.05, 0.1) is 11.8 Å². The lowest BCUT2D eigenvalue weighted by Gasteiger charge is -2.22. The lowest BCUT2D eigenvalue weighted by molar-refractivity contribution is -0.113. The van der Waals surface area contributed by atoms with Crippen LogP contribution in [0.2, 0.25) is 0 Å². The van der Waals surface area contributed by atoms with Crippen molar-refractivity contribution in [3.63, 3.8) is 0 Å². The zero-order valence-electron chi connectivity index (χ0n) is 20.1. The summed E-state index contributed by atoms with van der Waals surface area (Å²) < 4.78 is 1.96. The lowest BCUT2D eigenvalue weighted by Crippen LogP contribution is -2.33. The number of amides is 2. The predicted octanol–water partition coefficient (Wildman–Crippen LogP) is 5.31. The van der Waals surface area contributed by atoms with Gasteiger partial charge in [-0.25, -0.2) is 0 Å². The van der Waals surface area contributed by atoms with Gasteiger partial charge in [-0.05, 0) is 36.4 Å². The molecule has 0 bridgehead atoms. The van der Waals surface area contributed by atoms with E-state index in [9.17, 15) is 9.59 Å². The van der Waals surface area contributed by atoms with Crippen molar-refractivity contribution < 1.29 is 9.59 Å². The van der Waals surface area contributed by atoms with E-state index in [0.717, 1.165) is 16.5 Å². The van der Waals surface area contributed by atoms with E-state index in [2.05, 4.69) is 20.8 Å². The first kappa shape index (κ1) is 24.5. The maximum Gasteiger partial charge on any atom is 0.251 e. The van der Waals surface area contributed by atoms with Gasteiger partial charge in [0.2, 0.25) is 5.91 Å². The van der Waals surface area contributed by atoms with E-state index >= 15 is 0 Å². The van der Waals surface area contributed by atoms with Gasteiger partial charge in [-0.1, -0.05) is 80.2 Å². The molecule has 0 aliphatic carbocycles. The number of fused-ring (bicyclic) bond motifs is 1. The van der Waals surface area contributed by atoms with Crippen LogP contribution in [-0.4, -0.2) is 32.3 Å². The largest absolute Gasteiger partial charge is 0.342 e. The maximum absolute atomic E-state index is 12.8. The number of thioether (sulfide) groups is 1. The minimum Gasteiger partial charge on any atom is -0.342 e. The fraction of sp³-hybridized carbons (Fsp3) is 0.259. The average molecular weight is 488 g/mol. The molecular formula is C27H29N5O2S. The molecule has 180 valence electrons. The highest BCUT2D eigenvalue weighted by atomic mass is 32.2. The molecule has 0 fully saturated rings. The molecule has 1 aromatic heterocycles. The van der Waals surface area contributed by atoms with Crippen molar-refractivity contribution in [1.82, 2.24) is 20.1 Å². The number of rotatable bonds is 9. The van der Waals surface area contributed by atoms with Crippen molar-refractivity contribution in [1.29, 1.82) is 0 Å². The van der Waals surface area contributed by atoms with Gasteiger partial charge in [0, 0.05) is 23.2 Å². The Labute approximate surface area is 209 Å². The number of anilines is 1. The van der Waals surface area contributed by atoms with E-state index in [1.165, 1.54) is 11.8 Å². The summed E-state index contributed by atoms with van der Waals surface area (Å²) in [5.74, 6) is 0.716. The third-order valence-corrected chi connectivity index (χ3v) is 6.69. The smallest absolute Gasteiger partial charge is 0.251 e. The van der Waals surface area contributed by atoms with Gasteiger partial charge in [-0.2, -0.15) is 0 Å². The molecule has 2 amide bonds. The Hall–Kier alpha value is -3.65. The molecule has 3 aromatic carbocycles. The summed E-state index contributed by atoms with van der Waals surface area (Å²) in [6.45, 7) is 6.70. The van der Waals surface area contributed by atoms with Crippen LogP contribution in [-0.2, 0) is 11.3 Å². The molecule has 0 saturated carbocycles. The Morgan fingerprint density at radius 3 is 2.40 bits per heavy atom. The van der Waals surface area contributed by atoms with Crippen molar-refractivity contribution >= 4 is 40.0 Å². The molecule has 35 heavy (non-hydrogen) atoms. The second-order valence-electron chi connectivity index (χ2n) is 8.51. The minimum atomic E-state index is -0.311. The van der Waals surface area contributed by atoms with E-state index in [1.54, 1.807) is 12.1 Å². The Balaban J connectivity index is 1.46. The second kappa shape index (κ2) is 11.2. The summed E-state index contributed by atoms with van der Waals surface area (Å²) in [5, 5.41) is 17.6. The van der Waals surface area contributed by atoms with E-state index in [4.69, 9.17) is 0 Å². The van der Waals surface area contributed by atoms with E-state index in [-0.39, 0.29) is 29.5 Å². The quantitative estimate of drug-likeness (QED) is 0.312. The van der Waals surface area contributed by atoms with Gasteiger partial charge in [0.1, 0.15) is 0 Å². The SMILES string of the molecule is CCn1c(SCC(=O)Nc2cccc3ccccc23)nnc1[C@@H](NC(=O)c1ccccc1)C(C)C. The first-order valence-corrected chi connectivity index (χ1v) is 12.7. The number of carbonyl (C=O) groups excluding carboxylic acids is 2.